The van der Waals surface area contributed by atoms with Crippen molar-refractivity contribution >= 4 is 88.3 Å². The summed E-state index contributed by atoms with van der Waals surface area (Å²) in [4.78, 5) is 43.1. The Morgan fingerprint density at radius 1 is 0.425 bits per heavy atom. The second-order valence-electron chi connectivity index (χ2n) is 29.7. The molecule has 6 unspecified atom stereocenters. The maximum atomic E-state index is 15.5. The normalized spacial score (nSPS) is 27.9. The number of fused-ring (bicyclic) bond motifs is 14. The number of nitrogens with zero attached hydrogens (tertiary/aromatic N) is 4. The van der Waals surface area contributed by atoms with E-state index in [9.17, 15) is 0 Å². The Morgan fingerprint density at radius 3 is 1.19 bits per heavy atom. The number of hydrogen-bond donors (Lipinski definition) is 0. The van der Waals surface area contributed by atoms with Crippen LogP contribution in [0.1, 0.15) is 184 Å². The molecule has 6 nitrogen and oxygen atoms in total. The Labute approximate surface area is 469 Å². The lowest BCUT2D eigenvalue weighted by Gasteiger charge is -2.57. The first-order valence-electron chi connectivity index (χ1n) is 30.6. The summed E-state index contributed by atoms with van der Waals surface area (Å²) in [6.45, 7) is 28.0. The van der Waals surface area contributed by atoms with Crippen molar-refractivity contribution in [1.82, 2.24) is 18.8 Å². The molecule has 402 valence electrons. The Morgan fingerprint density at radius 2 is 0.800 bits per heavy atom. The van der Waals surface area contributed by atoms with Crippen LogP contribution in [0.4, 0.5) is 0 Å². The molecule has 8 aliphatic carbocycles. The standard InChI is InChI=1S/C74H74N4O2/c1-37-23-39(3)59(40(4)24-37)43-27-47-45-31-53-49(65(79)71(11)19-21-73(53)17-13-15-69(7,8)57(73)35-71)33-55(45)77-63(47)51(29-43)61-67(77)76-62-52-30-44(60-41(5)25-38(2)26-42(60)6)28-48-46-32-54-50(34-56(46)78(64(48)52)68(62)75-61)66(80)72(12)20-22-74(54)18-14-16-70(9,10)58(74)36-72/h23-34,57-58H,13-22,35-36H2,1-12H3. The van der Waals surface area contributed by atoms with E-state index < -0.39 is 10.8 Å². The number of rotatable bonds is 2. The van der Waals surface area contributed by atoms with E-state index in [0.29, 0.717) is 23.4 Å². The van der Waals surface area contributed by atoms with Gasteiger partial charge in [0.15, 0.2) is 22.9 Å². The lowest BCUT2D eigenvalue weighted by atomic mass is 9.47. The van der Waals surface area contributed by atoms with Crippen LogP contribution in [0.5, 0.6) is 0 Å². The van der Waals surface area contributed by atoms with Crippen LogP contribution in [0, 0.1) is 75.0 Å². The van der Waals surface area contributed by atoms with Crippen molar-refractivity contribution in [2.75, 3.05) is 0 Å². The Kier molecular flexibility index (Phi) is 8.94. The molecule has 0 radical (unpaired) electrons. The molecular formula is C74H74N4O2. The number of hydrogen-bond acceptors (Lipinski definition) is 4. The predicted molar refractivity (Wildman–Crippen MR) is 329 cm³/mol. The van der Waals surface area contributed by atoms with E-state index in [1.807, 2.05) is 0 Å². The quantitative estimate of drug-likeness (QED) is 0.173. The lowest BCUT2D eigenvalue weighted by Crippen LogP contribution is -2.51. The molecule has 5 aromatic heterocycles. The maximum Gasteiger partial charge on any atom is 0.169 e. The number of aryl methyl sites for hydroxylation is 6. The van der Waals surface area contributed by atoms with E-state index in [-0.39, 0.29) is 21.7 Å². The first kappa shape index (κ1) is 48.1. The van der Waals surface area contributed by atoms with E-state index >= 15 is 9.59 Å². The summed E-state index contributed by atoms with van der Waals surface area (Å²) in [6.07, 6.45) is 13.0. The van der Waals surface area contributed by atoms with Crippen LogP contribution in [-0.4, -0.2) is 30.3 Å². The third-order valence-corrected chi connectivity index (χ3v) is 24.0. The summed E-state index contributed by atoms with van der Waals surface area (Å²) >= 11 is 0. The molecule has 19 rings (SSSR count). The molecule has 2 spiro atoms. The van der Waals surface area contributed by atoms with Gasteiger partial charge in [0.05, 0.1) is 22.1 Å². The number of benzene rings is 6. The van der Waals surface area contributed by atoms with Crippen LogP contribution in [0.3, 0.4) is 0 Å². The summed E-state index contributed by atoms with van der Waals surface area (Å²) in [5, 5.41) is 6.98. The van der Waals surface area contributed by atoms with Gasteiger partial charge in [-0.25, -0.2) is 9.97 Å². The van der Waals surface area contributed by atoms with Gasteiger partial charge in [0, 0.05) is 54.3 Å². The van der Waals surface area contributed by atoms with Gasteiger partial charge in [-0.2, -0.15) is 0 Å². The zero-order chi connectivity index (χ0) is 55.0. The maximum absolute atomic E-state index is 15.5. The summed E-state index contributed by atoms with van der Waals surface area (Å²) < 4.78 is 4.81. The molecule has 11 aromatic rings. The van der Waals surface area contributed by atoms with Gasteiger partial charge in [0.1, 0.15) is 11.0 Å². The monoisotopic (exact) mass is 1050 g/mol. The number of carbonyl (C=O) groups is 2. The van der Waals surface area contributed by atoms with Crippen molar-refractivity contribution in [3.63, 3.8) is 0 Å². The number of ketones is 2. The van der Waals surface area contributed by atoms with Crippen LogP contribution in [0.2, 0.25) is 0 Å². The van der Waals surface area contributed by atoms with Crippen molar-refractivity contribution in [3.05, 3.63) is 128 Å². The smallest absolute Gasteiger partial charge is 0.169 e. The molecule has 80 heavy (non-hydrogen) atoms. The van der Waals surface area contributed by atoms with Crippen LogP contribution < -0.4 is 0 Å². The van der Waals surface area contributed by atoms with Crippen LogP contribution in [-0.2, 0) is 10.8 Å². The van der Waals surface area contributed by atoms with Gasteiger partial charge in [0.2, 0.25) is 0 Å². The number of carbonyl (C=O) groups excluding carboxylic acids is 2. The third kappa shape index (κ3) is 5.68. The highest BCUT2D eigenvalue weighted by atomic mass is 16.1. The molecule has 0 amide bonds. The van der Waals surface area contributed by atoms with Crippen molar-refractivity contribution in [2.45, 2.75) is 171 Å². The minimum Gasteiger partial charge on any atom is -0.294 e. The van der Waals surface area contributed by atoms with E-state index in [1.54, 1.807) is 0 Å². The minimum atomic E-state index is -0.397. The molecule has 8 aliphatic rings. The second kappa shape index (κ2) is 14.9. The molecule has 6 atom stereocenters. The largest absolute Gasteiger partial charge is 0.294 e. The molecule has 0 saturated heterocycles. The van der Waals surface area contributed by atoms with Crippen molar-refractivity contribution in [1.29, 1.82) is 0 Å². The number of aromatic nitrogens is 4. The first-order valence-corrected chi connectivity index (χ1v) is 30.6. The van der Waals surface area contributed by atoms with Crippen LogP contribution in [0.25, 0.3) is 99.0 Å². The molecule has 6 heteroatoms. The zero-order valence-corrected chi connectivity index (χ0v) is 49.2. The molecule has 5 heterocycles. The Hall–Kier alpha value is -6.66. The summed E-state index contributed by atoms with van der Waals surface area (Å²) in [7, 11) is 0. The highest BCUT2D eigenvalue weighted by molar-refractivity contribution is 6.28. The number of Topliss-reactive ketones (excluding diaryl/α,β-unsaturated/α-hetero) is 2. The van der Waals surface area contributed by atoms with Gasteiger partial charge in [-0.15, -0.1) is 0 Å². The Bertz CT molecular complexity index is 4390. The van der Waals surface area contributed by atoms with Crippen LogP contribution in [0.15, 0.2) is 72.8 Å². The zero-order valence-electron chi connectivity index (χ0n) is 49.2. The molecule has 0 N–H and O–H groups in total. The van der Waals surface area contributed by atoms with E-state index in [1.165, 1.54) is 114 Å². The van der Waals surface area contributed by atoms with Crippen molar-refractivity contribution in [2.24, 2.45) is 33.5 Å². The molecule has 4 saturated carbocycles. The fraction of sp³-hybridized carbons (Fsp3) is 0.432. The lowest BCUT2D eigenvalue weighted by molar-refractivity contribution is -0.0241. The topological polar surface area (TPSA) is 68.7 Å². The highest BCUT2D eigenvalue weighted by Crippen LogP contribution is 2.68. The first-order chi connectivity index (χ1) is 38.0. The SMILES string of the molecule is Cc1cc(C)c(-c2cc3c4cc5c(cc4n4c6nc7c8cc(-c9c(C)cc(C)cc9C)cc9c%10cc%11c(cc%10n(c7nc6c(c2)c34)c98)C(=O)C2(C)CCC%113CCCC(C)(C)C3C2)C(=O)C2(C)CCC53CCCC(C)(C)C3C2)c(C)c1. The van der Waals surface area contributed by atoms with Crippen molar-refractivity contribution in [3.8, 4) is 22.3 Å². The minimum absolute atomic E-state index is 0.0337. The van der Waals surface area contributed by atoms with Crippen molar-refractivity contribution < 1.29 is 9.59 Å². The fourth-order valence-corrected chi connectivity index (χ4v) is 20.6. The van der Waals surface area contributed by atoms with Gasteiger partial charge < -0.3 is 0 Å². The highest BCUT2D eigenvalue weighted by Gasteiger charge is 2.62. The Balaban J connectivity index is 1.03. The van der Waals surface area contributed by atoms with Gasteiger partial charge in [-0.3, -0.25) is 18.4 Å². The summed E-state index contributed by atoms with van der Waals surface area (Å²) in [6, 6.07) is 28.7. The molecule has 4 fully saturated rings. The van der Waals surface area contributed by atoms with Crippen LogP contribution >= 0.6 is 0 Å². The van der Waals surface area contributed by atoms with E-state index in [2.05, 4.69) is 165 Å². The third-order valence-electron chi connectivity index (χ3n) is 24.0. The summed E-state index contributed by atoms with van der Waals surface area (Å²) in [5.41, 5.74) is 24.1. The molecule has 0 aliphatic heterocycles. The molecule has 6 aromatic carbocycles. The fourth-order valence-electron chi connectivity index (χ4n) is 20.6. The second-order valence-corrected chi connectivity index (χ2v) is 29.7. The van der Waals surface area contributed by atoms with E-state index in [0.717, 1.165) is 118 Å². The molecule has 4 bridgehead atoms. The summed E-state index contributed by atoms with van der Waals surface area (Å²) in [5.74, 6) is 1.54. The van der Waals surface area contributed by atoms with Gasteiger partial charge in [-0.05, 0) is 243 Å². The average molecular weight is 1050 g/mol. The van der Waals surface area contributed by atoms with Gasteiger partial charge >= 0.3 is 0 Å². The average Bonchev–Trinajstić information content (AvgIpc) is 4.25. The predicted octanol–water partition coefficient (Wildman–Crippen LogP) is 18.9. The molecular weight excluding hydrogens is 977 g/mol. The van der Waals surface area contributed by atoms with E-state index in [4.69, 9.17) is 9.97 Å². The van der Waals surface area contributed by atoms with Gasteiger partial charge in [-0.1, -0.05) is 89.8 Å². The van der Waals surface area contributed by atoms with Gasteiger partial charge in [0.25, 0.3) is 0 Å².